The number of hydrogen-bond donors (Lipinski definition) is 0. The summed E-state index contributed by atoms with van der Waals surface area (Å²) >= 11 is 1.63. The van der Waals surface area contributed by atoms with Crippen LogP contribution < -0.4 is 0 Å². The molecule has 0 unspecified atom stereocenters. The van der Waals surface area contributed by atoms with Gasteiger partial charge in [0.2, 0.25) is 0 Å². The summed E-state index contributed by atoms with van der Waals surface area (Å²) in [5.41, 5.74) is 3.20. The predicted molar refractivity (Wildman–Crippen MR) is 48.5 cm³/mol. The van der Waals surface area contributed by atoms with Crippen molar-refractivity contribution in [3.8, 4) is 0 Å². The SMILES string of the molecule is [H-].[Zr][CH](C1=CC=CC1)C1=CC=CC1. The third-order valence-corrected chi connectivity index (χ3v) is 4.16. The first-order valence-corrected chi connectivity index (χ1v) is 5.72. The van der Waals surface area contributed by atoms with Crippen LogP contribution in [0.3, 0.4) is 0 Å². The van der Waals surface area contributed by atoms with E-state index in [0.29, 0.717) is 0 Å². The molecule has 0 aromatic heterocycles. The van der Waals surface area contributed by atoms with Gasteiger partial charge in [-0.2, -0.15) is 0 Å². The van der Waals surface area contributed by atoms with E-state index in [1.807, 2.05) is 0 Å². The van der Waals surface area contributed by atoms with Gasteiger partial charge in [-0.25, -0.2) is 0 Å². The van der Waals surface area contributed by atoms with E-state index in [1.54, 1.807) is 35.9 Å². The van der Waals surface area contributed by atoms with Crippen LogP contribution in [0.2, 0.25) is 3.63 Å². The van der Waals surface area contributed by atoms with Crippen molar-refractivity contribution in [2.45, 2.75) is 16.5 Å². The minimum atomic E-state index is 0. The summed E-state index contributed by atoms with van der Waals surface area (Å²) in [5.74, 6) is 0. The Morgan fingerprint density at radius 3 is 1.92 bits per heavy atom. The first-order valence-electron chi connectivity index (χ1n) is 4.30. The van der Waals surface area contributed by atoms with Gasteiger partial charge < -0.3 is 1.43 Å². The summed E-state index contributed by atoms with van der Waals surface area (Å²) in [6.45, 7) is 0. The fourth-order valence-electron chi connectivity index (χ4n) is 1.59. The molecule has 2 aliphatic rings. The van der Waals surface area contributed by atoms with Gasteiger partial charge in [0.1, 0.15) is 0 Å². The van der Waals surface area contributed by atoms with Crippen LogP contribution in [-0.4, -0.2) is 0 Å². The van der Waals surface area contributed by atoms with Crippen molar-refractivity contribution in [3.63, 3.8) is 0 Å². The molecule has 0 fully saturated rings. The Kier molecular flexibility index (Phi) is 2.61. The van der Waals surface area contributed by atoms with E-state index in [2.05, 4.69) is 36.5 Å². The molecule has 61 valence electrons. The summed E-state index contributed by atoms with van der Waals surface area (Å²) in [4.78, 5) is 0. The second-order valence-electron chi connectivity index (χ2n) is 3.18. The van der Waals surface area contributed by atoms with Gasteiger partial charge in [0.05, 0.1) is 0 Å². The molecule has 0 nitrogen and oxygen atoms in total. The second-order valence-corrected chi connectivity index (χ2v) is 4.60. The molecule has 0 aromatic rings. The molecule has 0 atom stereocenters. The zero-order chi connectivity index (χ0) is 8.39. The molecule has 0 aliphatic heterocycles. The Bertz CT molecular complexity index is 267. The van der Waals surface area contributed by atoms with E-state index in [9.17, 15) is 0 Å². The topological polar surface area (TPSA) is 0 Å². The summed E-state index contributed by atoms with van der Waals surface area (Å²) in [5, 5.41) is 0. The monoisotopic (exact) mass is 234 g/mol. The van der Waals surface area contributed by atoms with Gasteiger partial charge in [-0.3, -0.25) is 0 Å². The quantitative estimate of drug-likeness (QED) is 0.689. The summed E-state index contributed by atoms with van der Waals surface area (Å²) in [7, 11) is 0. The summed E-state index contributed by atoms with van der Waals surface area (Å²) in [6.07, 6.45) is 15.7. The minimum absolute atomic E-state index is 0. The van der Waals surface area contributed by atoms with Crippen molar-refractivity contribution in [1.82, 2.24) is 0 Å². The van der Waals surface area contributed by atoms with Crippen LogP contribution in [0.5, 0.6) is 0 Å². The molecule has 0 spiro atoms. The van der Waals surface area contributed by atoms with Crippen LogP contribution in [0.1, 0.15) is 14.3 Å². The molecule has 2 aliphatic carbocycles. The molecule has 0 aromatic carbocycles. The molecule has 2 rings (SSSR count). The molecule has 0 saturated carbocycles. The standard InChI is InChI=1S/C11H11.Zr.H/c1-2-6-10(5-1)9-11-7-3-4-8-11;;/h1-5,7,9H,6,8H2;;/q;;-1. The molecule has 1 heteroatoms. The van der Waals surface area contributed by atoms with Crippen molar-refractivity contribution in [1.29, 1.82) is 0 Å². The summed E-state index contributed by atoms with van der Waals surface area (Å²) < 4.78 is 0.738. The maximum absolute atomic E-state index is 2.28. The average Bonchev–Trinajstić information content (AvgIpc) is 2.77. The first-order chi connectivity index (χ1) is 5.88. The maximum atomic E-state index is 2.28. The zero-order valence-electron chi connectivity index (χ0n) is 7.96. The molecule has 0 saturated heterocycles. The van der Waals surface area contributed by atoms with E-state index in [-0.39, 0.29) is 1.43 Å². The normalized spacial score (nSPS) is 20.3. The number of hydrogen-bond acceptors (Lipinski definition) is 0. The molecule has 12 heavy (non-hydrogen) atoms. The molecule has 0 N–H and O–H groups in total. The van der Waals surface area contributed by atoms with E-state index in [4.69, 9.17) is 0 Å². The van der Waals surface area contributed by atoms with E-state index >= 15 is 0 Å². The van der Waals surface area contributed by atoms with Gasteiger partial charge in [0.25, 0.3) is 0 Å². The van der Waals surface area contributed by atoms with Crippen molar-refractivity contribution < 1.29 is 26.1 Å². The van der Waals surface area contributed by atoms with E-state index in [1.165, 1.54) is 12.8 Å². The van der Waals surface area contributed by atoms with Crippen LogP contribution in [-0.2, 0) is 24.7 Å². The van der Waals surface area contributed by atoms with Gasteiger partial charge >= 0.3 is 88.8 Å². The van der Waals surface area contributed by atoms with Crippen molar-refractivity contribution in [2.75, 3.05) is 0 Å². The van der Waals surface area contributed by atoms with E-state index in [0.717, 1.165) is 3.63 Å². The number of allylic oxidation sites excluding steroid dienone is 8. The molecular formula is C11H12Zr-. The van der Waals surface area contributed by atoms with Crippen molar-refractivity contribution in [3.05, 3.63) is 47.6 Å². The Morgan fingerprint density at radius 2 is 1.58 bits per heavy atom. The van der Waals surface area contributed by atoms with Gasteiger partial charge in [-0.1, -0.05) is 0 Å². The van der Waals surface area contributed by atoms with Gasteiger partial charge in [-0.15, -0.1) is 0 Å². The van der Waals surface area contributed by atoms with Crippen LogP contribution >= 0.6 is 0 Å². The molecule has 0 bridgehead atoms. The first kappa shape index (κ1) is 8.44. The fraction of sp³-hybridized carbons (Fsp3) is 0.273. The molecule has 0 amide bonds. The van der Waals surface area contributed by atoms with Crippen LogP contribution in [0.25, 0.3) is 0 Å². The Morgan fingerprint density at radius 1 is 1.08 bits per heavy atom. The van der Waals surface area contributed by atoms with Crippen LogP contribution in [0.4, 0.5) is 0 Å². The van der Waals surface area contributed by atoms with E-state index < -0.39 is 0 Å². The molecular weight excluding hydrogens is 223 g/mol. The zero-order valence-corrected chi connectivity index (χ0v) is 9.41. The Labute approximate surface area is 90.1 Å². The van der Waals surface area contributed by atoms with Crippen molar-refractivity contribution in [2.24, 2.45) is 0 Å². The fourth-order valence-corrected chi connectivity index (χ4v) is 2.65. The average molecular weight is 235 g/mol. The van der Waals surface area contributed by atoms with Gasteiger partial charge in [0.15, 0.2) is 0 Å². The number of rotatable bonds is 2. The molecule has 0 heterocycles. The van der Waals surface area contributed by atoms with Gasteiger partial charge in [0, 0.05) is 0 Å². The van der Waals surface area contributed by atoms with Crippen LogP contribution in [0, 0.1) is 0 Å². The molecule has 0 radical (unpaired) electrons. The van der Waals surface area contributed by atoms with Crippen LogP contribution in [0.15, 0.2) is 47.6 Å². The third kappa shape index (κ3) is 1.61. The Balaban J connectivity index is 0.000000845. The third-order valence-electron chi connectivity index (χ3n) is 2.34. The van der Waals surface area contributed by atoms with Crippen molar-refractivity contribution >= 4 is 0 Å². The predicted octanol–water partition coefficient (Wildman–Crippen LogP) is 3.21. The second kappa shape index (κ2) is 3.70. The summed E-state index contributed by atoms with van der Waals surface area (Å²) in [6, 6.07) is 0. The Hall–Kier alpha value is -0.157. The van der Waals surface area contributed by atoms with Gasteiger partial charge in [-0.05, 0) is 0 Å².